The molecule has 2 N–H and O–H groups in total. The lowest BCUT2D eigenvalue weighted by Crippen LogP contribution is -2.05. The molecule has 0 saturated heterocycles. The van der Waals surface area contributed by atoms with Crippen LogP contribution in [0.25, 0.3) is 17.1 Å². The van der Waals surface area contributed by atoms with E-state index in [1.807, 2.05) is 13.0 Å². The van der Waals surface area contributed by atoms with Crippen LogP contribution in [0.5, 0.6) is 0 Å². The minimum absolute atomic E-state index is 0.0547. The van der Waals surface area contributed by atoms with Crippen LogP contribution in [0.4, 0.5) is 14.5 Å². The molecule has 0 aliphatic rings. The first-order chi connectivity index (χ1) is 10.1. The van der Waals surface area contributed by atoms with Gasteiger partial charge in [0.25, 0.3) is 0 Å². The number of nitrogens with two attached hydrogens (primary N) is 1. The molecular weight excluding hydrogens is 276 g/mol. The number of hydrogen-bond donors (Lipinski definition) is 1. The lowest BCUT2D eigenvalue weighted by atomic mass is 10.1. The van der Waals surface area contributed by atoms with E-state index in [0.29, 0.717) is 17.1 Å². The number of benzene rings is 2. The number of hydrogen-bond acceptors (Lipinski definition) is 4. The lowest BCUT2D eigenvalue weighted by molar-refractivity contribution is 0.572. The average molecular weight is 287 g/mol. The van der Waals surface area contributed by atoms with E-state index >= 15 is 0 Å². The fraction of sp³-hybridized carbons (Fsp3) is 0.0714. The lowest BCUT2D eigenvalue weighted by Gasteiger charge is -2.10. The van der Waals surface area contributed by atoms with Crippen molar-refractivity contribution >= 4 is 5.69 Å². The van der Waals surface area contributed by atoms with E-state index in [-0.39, 0.29) is 5.69 Å². The molecule has 0 atom stereocenters. The molecule has 1 aromatic heterocycles. The van der Waals surface area contributed by atoms with Gasteiger partial charge in [-0.15, -0.1) is 5.10 Å². The molecule has 0 amide bonds. The number of halogens is 2. The van der Waals surface area contributed by atoms with Crippen LogP contribution in [0, 0.1) is 18.6 Å². The van der Waals surface area contributed by atoms with Crippen LogP contribution in [0.15, 0.2) is 36.4 Å². The molecule has 2 aromatic carbocycles. The van der Waals surface area contributed by atoms with Crippen LogP contribution < -0.4 is 5.73 Å². The van der Waals surface area contributed by atoms with Gasteiger partial charge in [0.15, 0.2) is 11.6 Å². The molecule has 0 saturated carbocycles. The molecule has 0 aliphatic carbocycles. The Hall–Kier alpha value is -2.83. The molecule has 5 nitrogen and oxygen atoms in total. The van der Waals surface area contributed by atoms with Crippen molar-refractivity contribution in [3.63, 3.8) is 0 Å². The first-order valence-electron chi connectivity index (χ1n) is 6.17. The van der Waals surface area contributed by atoms with Crippen LogP contribution in [0.1, 0.15) is 5.56 Å². The zero-order valence-electron chi connectivity index (χ0n) is 11.1. The van der Waals surface area contributed by atoms with Crippen molar-refractivity contribution in [1.82, 2.24) is 20.2 Å². The van der Waals surface area contributed by atoms with Crippen LogP contribution in [-0.4, -0.2) is 20.2 Å². The maximum atomic E-state index is 13.9. The Labute approximate surface area is 119 Å². The van der Waals surface area contributed by atoms with E-state index in [4.69, 9.17) is 5.73 Å². The molecule has 0 unspecified atom stereocenters. The summed E-state index contributed by atoms with van der Waals surface area (Å²) in [4.78, 5) is 0. The first-order valence-corrected chi connectivity index (χ1v) is 6.17. The Morgan fingerprint density at radius 2 is 1.95 bits per heavy atom. The minimum atomic E-state index is -0.754. The van der Waals surface area contributed by atoms with E-state index in [2.05, 4.69) is 15.5 Å². The second-order valence-corrected chi connectivity index (χ2v) is 4.55. The Kier molecular flexibility index (Phi) is 3.09. The molecule has 3 aromatic rings. The largest absolute Gasteiger partial charge is 0.398 e. The summed E-state index contributed by atoms with van der Waals surface area (Å²) in [6.45, 7) is 1.85. The topological polar surface area (TPSA) is 69.6 Å². The predicted octanol–water partition coefficient (Wildman–Crippen LogP) is 2.50. The number of aryl methyl sites for hydroxylation is 1. The molecule has 0 spiro atoms. The quantitative estimate of drug-likeness (QED) is 0.735. The summed E-state index contributed by atoms with van der Waals surface area (Å²) in [5.41, 5.74) is 7.97. The minimum Gasteiger partial charge on any atom is -0.398 e. The Bertz CT molecular complexity index is 793. The van der Waals surface area contributed by atoms with Gasteiger partial charge < -0.3 is 5.73 Å². The summed E-state index contributed by atoms with van der Waals surface area (Å²) in [6, 6.07) is 8.57. The van der Waals surface area contributed by atoms with Gasteiger partial charge in [-0.05, 0) is 41.1 Å². The molecule has 0 bridgehead atoms. The van der Waals surface area contributed by atoms with E-state index in [0.717, 1.165) is 17.7 Å². The third kappa shape index (κ3) is 2.22. The normalized spacial score (nSPS) is 10.8. The zero-order valence-corrected chi connectivity index (χ0v) is 11.1. The number of tetrazole rings is 1. The number of aromatic nitrogens is 4. The average Bonchev–Trinajstić information content (AvgIpc) is 2.87. The van der Waals surface area contributed by atoms with Gasteiger partial charge in [0, 0.05) is 17.3 Å². The number of rotatable bonds is 2. The number of nitrogen functional groups attached to an aromatic ring is 1. The summed E-state index contributed by atoms with van der Waals surface area (Å²) >= 11 is 0. The SMILES string of the molecule is Cc1cccc(N)c1-c1nnnn1-c1ccc(F)cc1F. The Morgan fingerprint density at radius 1 is 1.14 bits per heavy atom. The molecule has 106 valence electrons. The maximum absolute atomic E-state index is 13.9. The second kappa shape index (κ2) is 4.93. The summed E-state index contributed by atoms with van der Waals surface area (Å²) < 4.78 is 28.1. The first kappa shape index (κ1) is 13.2. The van der Waals surface area contributed by atoms with Crippen molar-refractivity contribution in [3.05, 3.63) is 53.6 Å². The summed E-state index contributed by atoms with van der Waals surface area (Å²) in [5, 5.41) is 11.3. The highest BCUT2D eigenvalue weighted by molar-refractivity contribution is 5.75. The zero-order chi connectivity index (χ0) is 15.0. The highest BCUT2D eigenvalue weighted by atomic mass is 19.1. The molecule has 0 radical (unpaired) electrons. The molecular formula is C14H11F2N5. The molecule has 0 fully saturated rings. The summed E-state index contributed by atoms with van der Waals surface area (Å²) in [5.74, 6) is -1.12. The Balaban J connectivity index is 2.22. The number of anilines is 1. The van der Waals surface area contributed by atoms with E-state index in [9.17, 15) is 8.78 Å². The molecule has 3 rings (SSSR count). The second-order valence-electron chi connectivity index (χ2n) is 4.55. The fourth-order valence-corrected chi connectivity index (χ4v) is 2.15. The van der Waals surface area contributed by atoms with Gasteiger partial charge in [-0.1, -0.05) is 12.1 Å². The van der Waals surface area contributed by atoms with Crippen LogP contribution in [0.2, 0.25) is 0 Å². The van der Waals surface area contributed by atoms with Gasteiger partial charge in [0.1, 0.15) is 11.5 Å². The molecule has 0 aliphatic heterocycles. The highest BCUT2D eigenvalue weighted by Gasteiger charge is 2.18. The summed E-state index contributed by atoms with van der Waals surface area (Å²) in [6.07, 6.45) is 0. The van der Waals surface area contributed by atoms with Gasteiger partial charge in [-0.2, -0.15) is 4.68 Å². The van der Waals surface area contributed by atoms with Crippen molar-refractivity contribution in [2.24, 2.45) is 0 Å². The maximum Gasteiger partial charge on any atom is 0.189 e. The van der Waals surface area contributed by atoms with E-state index in [1.165, 1.54) is 10.7 Å². The van der Waals surface area contributed by atoms with Crippen LogP contribution in [0.3, 0.4) is 0 Å². The van der Waals surface area contributed by atoms with Gasteiger partial charge in [-0.3, -0.25) is 0 Å². The van der Waals surface area contributed by atoms with Gasteiger partial charge in [-0.25, -0.2) is 8.78 Å². The third-order valence-electron chi connectivity index (χ3n) is 3.14. The van der Waals surface area contributed by atoms with Crippen molar-refractivity contribution in [3.8, 4) is 17.1 Å². The molecule has 1 heterocycles. The van der Waals surface area contributed by atoms with Crippen LogP contribution >= 0.6 is 0 Å². The van der Waals surface area contributed by atoms with Crippen molar-refractivity contribution in [1.29, 1.82) is 0 Å². The van der Waals surface area contributed by atoms with E-state index < -0.39 is 11.6 Å². The fourth-order valence-electron chi connectivity index (χ4n) is 2.15. The standard InChI is InChI=1S/C14H11F2N5/c1-8-3-2-4-11(17)13(8)14-18-19-20-21(14)12-6-5-9(15)7-10(12)16/h2-7H,17H2,1H3. The summed E-state index contributed by atoms with van der Waals surface area (Å²) in [7, 11) is 0. The van der Waals surface area contributed by atoms with Gasteiger partial charge >= 0.3 is 0 Å². The predicted molar refractivity (Wildman–Crippen MR) is 73.7 cm³/mol. The van der Waals surface area contributed by atoms with Crippen molar-refractivity contribution < 1.29 is 8.78 Å². The monoisotopic (exact) mass is 287 g/mol. The van der Waals surface area contributed by atoms with Gasteiger partial charge in [0.2, 0.25) is 0 Å². The van der Waals surface area contributed by atoms with Crippen LogP contribution in [-0.2, 0) is 0 Å². The van der Waals surface area contributed by atoms with Crippen molar-refractivity contribution in [2.75, 3.05) is 5.73 Å². The third-order valence-corrected chi connectivity index (χ3v) is 3.14. The highest BCUT2D eigenvalue weighted by Crippen LogP contribution is 2.29. The smallest absolute Gasteiger partial charge is 0.189 e. The molecule has 21 heavy (non-hydrogen) atoms. The van der Waals surface area contributed by atoms with E-state index in [1.54, 1.807) is 12.1 Å². The van der Waals surface area contributed by atoms with Gasteiger partial charge in [0.05, 0.1) is 0 Å². The Morgan fingerprint density at radius 3 is 2.67 bits per heavy atom. The molecule has 7 heteroatoms. The van der Waals surface area contributed by atoms with Crippen molar-refractivity contribution in [2.45, 2.75) is 6.92 Å². The number of nitrogens with zero attached hydrogens (tertiary/aromatic N) is 4.